The maximum Gasteiger partial charge on any atom is 0.261 e. The number of carbonyl (C=O) groups is 2. The van der Waals surface area contributed by atoms with E-state index < -0.39 is 6.04 Å². The second-order valence-electron chi connectivity index (χ2n) is 7.94. The molecule has 30 heavy (non-hydrogen) atoms. The number of para-hydroxylation sites is 1. The van der Waals surface area contributed by atoms with E-state index in [9.17, 15) is 9.59 Å². The molecule has 0 unspecified atom stereocenters. The van der Waals surface area contributed by atoms with Crippen LogP contribution in [-0.2, 0) is 16.0 Å². The summed E-state index contributed by atoms with van der Waals surface area (Å²) in [6.07, 6.45) is 1.24. The molecule has 0 aromatic heterocycles. The van der Waals surface area contributed by atoms with Gasteiger partial charge in [0, 0.05) is 13.1 Å². The van der Waals surface area contributed by atoms with Gasteiger partial charge in [-0.1, -0.05) is 69.3 Å². The topological polar surface area (TPSA) is 58.6 Å². The standard InChI is InChI=1S/C25H34N2O3/c1-5-22(25(29)26-17-19(2)3)27(16-15-21-12-7-6-8-13-21)24(28)18-30-23-14-10-9-11-20(23)4/h6-14,19,22H,5,15-18H2,1-4H3,(H,26,29)/t22-/m1/s1. The van der Waals surface area contributed by atoms with E-state index in [4.69, 9.17) is 4.74 Å². The van der Waals surface area contributed by atoms with E-state index in [1.807, 2.05) is 68.4 Å². The fourth-order valence-electron chi connectivity index (χ4n) is 3.26. The molecule has 2 rings (SSSR count). The molecular weight excluding hydrogens is 376 g/mol. The second kappa shape index (κ2) is 12.0. The minimum Gasteiger partial charge on any atom is -0.484 e. The fourth-order valence-corrected chi connectivity index (χ4v) is 3.26. The summed E-state index contributed by atoms with van der Waals surface area (Å²) in [6, 6.07) is 17.1. The molecule has 0 saturated heterocycles. The van der Waals surface area contributed by atoms with Crippen LogP contribution in [0.1, 0.15) is 38.3 Å². The summed E-state index contributed by atoms with van der Waals surface area (Å²) < 4.78 is 5.78. The lowest BCUT2D eigenvalue weighted by atomic mass is 10.1. The maximum atomic E-state index is 13.1. The molecule has 0 bridgehead atoms. The van der Waals surface area contributed by atoms with Crippen molar-refractivity contribution in [2.24, 2.45) is 5.92 Å². The second-order valence-corrected chi connectivity index (χ2v) is 7.94. The number of hydrogen-bond donors (Lipinski definition) is 1. The quantitative estimate of drug-likeness (QED) is 0.609. The Hall–Kier alpha value is -2.82. The van der Waals surface area contributed by atoms with Crippen LogP contribution in [0, 0.1) is 12.8 Å². The lowest BCUT2D eigenvalue weighted by Crippen LogP contribution is -2.51. The van der Waals surface area contributed by atoms with Crippen molar-refractivity contribution < 1.29 is 14.3 Å². The van der Waals surface area contributed by atoms with Crippen molar-refractivity contribution in [2.75, 3.05) is 19.7 Å². The van der Waals surface area contributed by atoms with E-state index in [1.165, 1.54) is 0 Å². The first-order valence-corrected chi connectivity index (χ1v) is 10.7. The minimum atomic E-state index is -0.513. The summed E-state index contributed by atoms with van der Waals surface area (Å²) in [5, 5.41) is 2.98. The molecule has 2 aromatic rings. The molecule has 2 amide bonds. The Kier molecular flexibility index (Phi) is 9.39. The number of benzene rings is 2. The van der Waals surface area contributed by atoms with Crippen molar-refractivity contribution in [3.05, 3.63) is 65.7 Å². The summed E-state index contributed by atoms with van der Waals surface area (Å²) in [5.41, 5.74) is 2.11. The summed E-state index contributed by atoms with van der Waals surface area (Å²) in [5.74, 6) is 0.750. The normalized spacial score (nSPS) is 11.8. The van der Waals surface area contributed by atoms with Crippen molar-refractivity contribution in [3.63, 3.8) is 0 Å². The fraction of sp³-hybridized carbons (Fsp3) is 0.440. The van der Waals surface area contributed by atoms with Crippen LogP contribution < -0.4 is 10.1 Å². The van der Waals surface area contributed by atoms with Crippen molar-refractivity contribution >= 4 is 11.8 Å². The number of nitrogens with zero attached hydrogens (tertiary/aromatic N) is 1. The molecule has 0 aliphatic heterocycles. The number of amides is 2. The van der Waals surface area contributed by atoms with E-state index in [0.29, 0.717) is 37.6 Å². The first-order chi connectivity index (χ1) is 14.4. The summed E-state index contributed by atoms with van der Waals surface area (Å²) in [7, 11) is 0. The number of nitrogens with one attached hydrogen (secondary N) is 1. The van der Waals surface area contributed by atoms with Gasteiger partial charge in [-0.25, -0.2) is 0 Å². The molecule has 0 aliphatic rings. The van der Waals surface area contributed by atoms with Gasteiger partial charge in [-0.15, -0.1) is 0 Å². The molecular formula is C25H34N2O3. The SMILES string of the molecule is CC[C@H](C(=O)NCC(C)C)N(CCc1ccccc1)C(=O)COc1ccccc1C. The third-order valence-corrected chi connectivity index (χ3v) is 5.00. The molecule has 0 saturated carbocycles. The number of ether oxygens (including phenoxy) is 1. The zero-order valence-electron chi connectivity index (χ0n) is 18.6. The molecule has 5 heteroatoms. The van der Waals surface area contributed by atoms with E-state index in [2.05, 4.69) is 19.2 Å². The Bertz CT molecular complexity index is 805. The molecule has 2 aromatic carbocycles. The molecule has 0 spiro atoms. The zero-order chi connectivity index (χ0) is 21.9. The van der Waals surface area contributed by atoms with Crippen molar-refractivity contribution in [3.8, 4) is 5.75 Å². The molecule has 5 nitrogen and oxygen atoms in total. The molecule has 1 N–H and O–H groups in total. The van der Waals surface area contributed by atoms with Gasteiger partial charge >= 0.3 is 0 Å². The van der Waals surface area contributed by atoms with Crippen LogP contribution in [0.2, 0.25) is 0 Å². The minimum absolute atomic E-state index is 0.0897. The van der Waals surface area contributed by atoms with Crippen LogP contribution in [0.4, 0.5) is 0 Å². The first-order valence-electron chi connectivity index (χ1n) is 10.7. The third-order valence-electron chi connectivity index (χ3n) is 5.00. The van der Waals surface area contributed by atoms with E-state index in [1.54, 1.807) is 4.90 Å². The van der Waals surface area contributed by atoms with Crippen LogP contribution in [-0.4, -0.2) is 42.5 Å². The van der Waals surface area contributed by atoms with Gasteiger partial charge in [-0.2, -0.15) is 0 Å². The van der Waals surface area contributed by atoms with Crippen LogP contribution in [0.3, 0.4) is 0 Å². The number of hydrogen-bond acceptors (Lipinski definition) is 3. The van der Waals surface area contributed by atoms with Gasteiger partial charge in [0.15, 0.2) is 6.61 Å². The first kappa shape index (κ1) is 23.5. The van der Waals surface area contributed by atoms with E-state index in [0.717, 1.165) is 11.1 Å². The zero-order valence-corrected chi connectivity index (χ0v) is 18.6. The van der Waals surface area contributed by atoms with Crippen molar-refractivity contribution in [1.29, 1.82) is 0 Å². The average molecular weight is 411 g/mol. The van der Waals surface area contributed by atoms with E-state index >= 15 is 0 Å². The van der Waals surface area contributed by atoms with Crippen LogP contribution in [0.25, 0.3) is 0 Å². The number of aryl methyl sites for hydroxylation is 1. The van der Waals surface area contributed by atoms with Crippen molar-refractivity contribution in [2.45, 2.75) is 46.6 Å². The lowest BCUT2D eigenvalue weighted by molar-refractivity contribution is -0.142. The predicted octanol–water partition coefficient (Wildman–Crippen LogP) is 4.00. The Morgan fingerprint density at radius 1 is 1.03 bits per heavy atom. The Balaban J connectivity index is 2.12. The van der Waals surface area contributed by atoms with Crippen LogP contribution in [0.5, 0.6) is 5.75 Å². The van der Waals surface area contributed by atoms with Crippen molar-refractivity contribution in [1.82, 2.24) is 10.2 Å². The third kappa shape index (κ3) is 7.21. The molecule has 0 fully saturated rings. The number of carbonyl (C=O) groups excluding carboxylic acids is 2. The van der Waals surface area contributed by atoms with Gasteiger partial charge < -0.3 is 15.0 Å². The van der Waals surface area contributed by atoms with E-state index in [-0.39, 0.29) is 18.4 Å². The highest BCUT2D eigenvalue weighted by molar-refractivity contribution is 5.88. The van der Waals surface area contributed by atoms with Gasteiger partial charge in [0.1, 0.15) is 11.8 Å². The highest BCUT2D eigenvalue weighted by Gasteiger charge is 2.28. The van der Waals surface area contributed by atoms with Gasteiger partial charge in [0.25, 0.3) is 5.91 Å². The molecule has 0 radical (unpaired) electrons. The summed E-state index contributed by atoms with van der Waals surface area (Å²) >= 11 is 0. The molecule has 0 heterocycles. The number of rotatable bonds is 11. The maximum absolute atomic E-state index is 13.1. The highest BCUT2D eigenvalue weighted by atomic mass is 16.5. The highest BCUT2D eigenvalue weighted by Crippen LogP contribution is 2.17. The Morgan fingerprint density at radius 3 is 2.33 bits per heavy atom. The molecule has 0 aliphatic carbocycles. The van der Waals surface area contributed by atoms with Gasteiger partial charge in [0.05, 0.1) is 0 Å². The van der Waals surface area contributed by atoms with Crippen LogP contribution in [0.15, 0.2) is 54.6 Å². The smallest absolute Gasteiger partial charge is 0.261 e. The molecule has 1 atom stereocenters. The van der Waals surface area contributed by atoms with Crippen LogP contribution >= 0.6 is 0 Å². The Morgan fingerprint density at radius 2 is 1.70 bits per heavy atom. The largest absolute Gasteiger partial charge is 0.484 e. The Labute approximate surface area is 180 Å². The van der Waals surface area contributed by atoms with Gasteiger partial charge in [-0.05, 0) is 42.9 Å². The predicted molar refractivity (Wildman–Crippen MR) is 120 cm³/mol. The van der Waals surface area contributed by atoms with Gasteiger partial charge in [0.2, 0.25) is 5.91 Å². The average Bonchev–Trinajstić information content (AvgIpc) is 2.75. The monoisotopic (exact) mass is 410 g/mol. The lowest BCUT2D eigenvalue weighted by Gasteiger charge is -2.31. The summed E-state index contributed by atoms with van der Waals surface area (Å²) in [4.78, 5) is 27.6. The van der Waals surface area contributed by atoms with Gasteiger partial charge in [-0.3, -0.25) is 9.59 Å². The molecule has 162 valence electrons. The summed E-state index contributed by atoms with van der Waals surface area (Å²) in [6.45, 7) is 8.95.